The van der Waals surface area contributed by atoms with Crippen LogP contribution in [0.2, 0.25) is 0 Å². The molecule has 4 aromatic carbocycles. The van der Waals surface area contributed by atoms with E-state index in [1.165, 1.54) is 22.3 Å². The average Bonchev–Trinajstić information content (AvgIpc) is 2.96. The first-order valence-corrected chi connectivity index (χ1v) is 13.6. The normalized spacial score (nSPS) is 16.4. The summed E-state index contributed by atoms with van der Waals surface area (Å²) < 4.78 is 0. The number of phenolic OH excluding ortho intramolecular Hbond substituents is 1. The Balaban J connectivity index is 1.12. The van der Waals surface area contributed by atoms with Crippen molar-refractivity contribution >= 4 is 0 Å². The van der Waals surface area contributed by atoms with E-state index in [-0.39, 0.29) is 0 Å². The van der Waals surface area contributed by atoms with Crippen molar-refractivity contribution in [1.82, 2.24) is 4.90 Å². The zero-order valence-corrected chi connectivity index (χ0v) is 21.4. The van der Waals surface area contributed by atoms with Crippen molar-refractivity contribution in [2.45, 2.75) is 37.7 Å². The van der Waals surface area contributed by atoms with E-state index < -0.39 is 6.10 Å². The summed E-state index contributed by atoms with van der Waals surface area (Å²) in [5.41, 5.74) is 6.02. The van der Waals surface area contributed by atoms with E-state index in [1.54, 1.807) is 12.1 Å². The SMILES string of the molecule is Oc1ccc(C(c2ccccc2)C2CCN(CCCC(O)c3ccc(-c4ccccc4)cc3)CC2)cc1. The number of piperidine rings is 1. The predicted molar refractivity (Wildman–Crippen MR) is 152 cm³/mol. The van der Waals surface area contributed by atoms with Crippen molar-refractivity contribution in [2.75, 3.05) is 19.6 Å². The highest BCUT2D eigenvalue weighted by atomic mass is 16.3. The van der Waals surface area contributed by atoms with Crippen LogP contribution in [0.5, 0.6) is 5.75 Å². The Kier molecular flexibility index (Phi) is 8.35. The van der Waals surface area contributed by atoms with Gasteiger partial charge < -0.3 is 15.1 Å². The minimum absolute atomic E-state index is 0.319. The highest BCUT2D eigenvalue weighted by Crippen LogP contribution is 2.38. The number of benzene rings is 4. The number of rotatable bonds is 9. The van der Waals surface area contributed by atoms with Crippen molar-refractivity contribution in [3.05, 3.63) is 126 Å². The summed E-state index contributed by atoms with van der Waals surface area (Å²) in [5.74, 6) is 1.25. The molecule has 2 atom stereocenters. The summed E-state index contributed by atoms with van der Waals surface area (Å²) in [6.07, 6.45) is 3.67. The second-order valence-electron chi connectivity index (χ2n) is 10.3. The molecule has 1 aliphatic rings. The summed E-state index contributed by atoms with van der Waals surface area (Å²) in [4.78, 5) is 2.56. The fraction of sp³-hybridized carbons (Fsp3) is 0.294. The number of aliphatic hydroxyl groups excluding tert-OH is 1. The zero-order valence-electron chi connectivity index (χ0n) is 21.4. The summed E-state index contributed by atoms with van der Waals surface area (Å²) in [6.45, 7) is 3.21. The van der Waals surface area contributed by atoms with Crippen molar-refractivity contribution < 1.29 is 10.2 Å². The molecule has 4 aromatic rings. The van der Waals surface area contributed by atoms with E-state index in [0.717, 1.165) is 50.9 Å². The second kappa shape index (κ2) is 12.2. The maximum atomic E-state index is 10.8. The van der Waals surface area contributed by atoms with Crippen LogP contribution < -0.4 is 0 Å². The van der Waals surface area contributed by atoms with Crippen molar-refractivity contribution in [2.24, 2.45) is 5.92 Å². The minimum Gasteiger partial charge on any atom is -0.508 e. The number of aliphatic hydroxyl groups is 1. The molecule has 2 N–H and O–H groups in total. The largest absolute Gasteiger partial charge is 0.508 e. The Labute approximate surface area is 221 Å². The molecule has 5 rings (SSSR count). The lowest BCUT2D eigenvalue weighted by Gasteiger charge is -2.37. The standard InChI is InChI=1S/C34H37NO2/c36-32-19-17-30(18-20-32)34(29-10-5-2-6-11-29)31-21-24-35(25-22-31)23-7-12-33(37)28-15-13-27(14-16-28)26-8-3-1-4-9-26/h1-6,8-11,13-20,31,33-34,36-37H,7,12,21-25H2. The molecule has 1 saturated heterocycles. The van der Waals surface area contributed by atoms with E-state index in [0.29, 0.717) is 17.6 Å². The van der Waals surface area contributed by atoms with Crippen LogP contribution in [0.4, 0.5) is 0 Å². The molecule has 0 saturated carbocycles. The number of phenols is 1. The molecule has 37 heavy (non-hydrogen) atoms. The summed E-state index contributed by atoms with van der Waals surface area (Å²) in [7, 11) is 0. The Hall–Kier alpha value is -3.40. The van der Waals surface area contributed by atoms with Crippen LogP contribution in [-0.4, -0.2) is 34.7 Å². The minimum atomic E-state index is -0.417. The lowest BCUT2D eigenvalue weighted by atomic mass is 9.76. The van der Waals surface area contributed by atoms with Crippen LogP contribution in [-0.2, 0) is 0 Å². The monoisotopic (exact) mass is 491 g/mol. The molecule has 0 aromatic heterocycles. The van der Waals surface area contributed by atoms with Crippen molar-refractivity contribution in [3.8, 4) is 16.9 Å². The van der Waals surface area contributed by atoms with Gasteiger partial charge in [-0.2, -0.15) is 0 Å². The Bertz CT molecular complexity index is 1210. The molecule has 0 bridgehead atoms. The number of likely N-dealkylation sites (tertiary alicyclic amines) is 1. The van der Waals surface area contributed by atoms with Crippen molar-refractivity contribution in [3.63, 3.8) is 0 Å². The van der Waals surface area contributed by atoms with Gasteiger partial charge in [0, 0.05) is 5.92 Å². The van der Waals surface area contributed by atoms with Gasteiger partial charge in [-0.25, -0.2) is 0 Å². The molecule has 1 heterocycles. The lowest BCUT2D eigenvalue weighted by Crippen LogP contribution is -2.36. The van der Waals surface area contributed by atoms with Crippen molar-refractivity contribution in [1.29, 1.82) is 0 Å². The van der Waals surface area contributed by atoms with E-state index >= 15 is 0 Å². The molecule has 190 valence electrons. The van der Waals surface area contributed by atoms with Crippen LogP contribution in [0.3, 0.4) is 0 Å². The number of nitrogens with zero attached hydrogens (tertiary/aromatic N) is 1. The fourth-order valence-corrected chi connectivity index (χ4v) is 5.79. The van der Waals surface area contributed by atoms with E-state index in [1.807, 2.05) is 6.07 Å². The van der Waals surface area contributed by atoms with Gasteiger partial charge in [-0.3, -0.25) is 0 Å². The highest BCUT2D eigenvalue weighted by molar-refractivity contribution is 5.63. The van der Waals surface area contributed by atoms with Crippen LogP contribution in [0.25, 0.3) is 11.1 Å². The second-order valence-corrected chi connectivity index (χ2v) is 10.3. The third-order valence-electron chi connectivity index (χ3n) is 7.87. The molecule has 1 fully saturated rings. The highest BCUT2D eigenvalue weighted by Gasteiger charge is 2.28. The van der Waals surface area contributed by atoms with Gasteiger partial charge in [-0.1, -0.05) is 97.1 Å². The fourth-order valence-electron chi connectivity index (χ4n) is 5.79. The van der Waals surface area contributed by atoms with Crippen LogP contribution in [0.1, 0.15) is 54.4 Å². The van der Waals surface area contributed by atoms with E-state index in [2.05, 4.69) is 95.9 Å². The van der Waals surface area contributed by atoms with Gasteiger partial charge in [0.05, 0.1) is 6.10 Å². The van der Waals surface area contributed by atoms with Crippen LogP contribution in [0, 0.1) is 5.92 Å². The molecule has 0 amide bonds. The number of aromatic hydroxyl groups is 1. The molecule has 0 aliphatic carbocycles. The summed E-state index contributed by atoms with van der Waals surface area (Å²) in [5, 5.41) is 20.5. The molecular formula is C34H37NO2. The predicted octanol–water partition coefficient (Wildman–Crippen LogP) is 7.42. The van der Waals surface area contributed by atoms with Gasteiger partial charge in [-0.15, -0.1) is 0 Å². The first-order chi connectivity index (χ1) is 18.2. The van der Waals surface area contributed by atoms with E-state index in [4.69, 9.17) is 0 Å². The molecule has 0 spiro atoms. The quantitative estimate of drug-likeness (QED) is 0.256. The molecular weight excluding hydrogens is 454 g/mol. The van der Waals surface area contributed by atoms with Gasteiger partial charge in [0.2, 0.25) is 0 Å². The molecule has 3 nitrogen and oxygen atoms in total. The zero-order chi connectivity index (χ0) is 25.5. The summed E-state index contributed by atoms with van der Waals surface area (Å²) in [6, 6.07) is 37.2. The topological polar surface area (TPSA) is 43.7 Å². The number of hydrogen-bond donors (Lipinski definition) is 2. The molecule has 3 heteroatoms. The van der Waals surface area contributed by atoms with E-state index in [9.17, 15) is 10.2 Å². The van der Waals surface area contributed by atoms with Gasteiger partial charge in [0.1, 0.15) is 5.75 Å². The third kappa shape index (κ3) is 6.49. The Morgan fingerprint density at radius 2 is 1.19 bits per heavy atom. The first-order valence-electron chi connectivity index (χ1n) is 13.6. The molecule has 2 unspecified atom stereocenters. The van der Waals surface area contributed by atoms with Gasteiger partial charge >= 0.3 is 0 Å². The Morgan fingerprint density at radius 3 is 1.84 bits per heavy atom. The van der Waals surface area contributed by atoms with Crippen LogP contribution in [0.15, 0.2) is 109 Å². The summed E-state index contributed by atoms with van der Waals surface area (Å²) >= 11 is 0. The first kappa shape index (κ1) is 25.3. The maximum Gasteiger partial charge on any atom is 0.115 e. The van der Waals surface area contributed by atoms with Gasteiger partial charge in [0.15, 0.2) is 0 Å². The number of hydrogen-bond acceptors (Lipinski definition) is 3. The van der Waals surface area contributed by atoms with Crippen LogP contribution >= 0.6 is 0 Å². The molecule has 0 radical (unpaired) electrons. The lowest BCUT2D eigenvalue weighted by molar-refractivity contribution is 0.140. The van der Waals surface area contributed by atoms with Gasteiger partial charge in [-0.05, 0) is 91.2 Å². The Morgan fingerprint density at radius 1 is 0.649 bits per heavy atom. The third-order valence-corrected chi connectivity index (χ3v) is 7.87. The average molecular weight is 492 g/mol. The van der Waals surface area contributed by atoms with Gasteiger partial charge in [0.25, 0.3) is 0 Å². The maximum absolute atomic E-state index is 10.8. The smallest absolute Gasteiger partial charge is 0.115 e. The molecule has 1 aliphatic heterocycles.